The smallest absolute Gasteiger partial charge is 0.0997 e. The average Bonchev–Trinajstić information content (AvgIpc) is 2.52. The molecule has 1 aromatic carbocycles. The van der Waals surface area contributed by atoms with E-state index in [1.807, 2.05) is 6.07 Å². The van der Waals surface area contributed by atoms with Crippen LogP contribution in [0.5, 0.6) is 0 Å². The fourth-order valence-corrected chi connectivity index (χ4v) is 3.40. The monoisotopic (exact) mass is 262 g/mol. The minimum absolute atomic E-state index is 0.490. The predicted molar refractivity (Wildman–Crippen MR) is 66.9 cm³/mol. The molecule has 0 bridgehead atoms. The van der Waals surface area contributed by atoms with Gasteiger partial charge in [-0.25, -0.2) is 0 Å². The number of rotatable bonds is 1. The van der Waals surface area contributed by atoms with E-state index in [0.29, 0.717) is 15.3 Å². The molecule has 1 aliphatic rings. The second-order valence-corrected chi connectivity index (χ2v) is 6.23. The maximum atomic E-state index is 10.4. The minimum atomic E-state index is -0.738. The van der Waals surface area contributed by atoms with Gasteiger partial charge in [-0.15, -0.1) is 0 Å². The maximum absolute atomic E-state index is 10.4. The lowest BCUT2D eigenvalue weighted by atomic mass is 9.91. The summed E-state index contributed by atoms with van der Waals surface area (Å²) in [7, 11) is 0. The SMILES string of the molecule is CC1CC(O)(c2ccc(Cl)c(Cl)c2)CS1. The molecule has 1 aliphatic heterocycles. The first-order valence-electron chi connectivity index (χ1n) is 4.81. The Hall–Kier alpha value is 0.110. The van der Waals surface area contributed by atoms with Crippen molar-refractivity contribution < 1.29 is 5.11 Å². The number of aliphatic hydroxyl groups is 1. The van der Waals surface area contributed by atoms with E-state index >= 15 is 0 Å². The molecule has 1 fully saturated rings. The van der Waals surface area contributed by atoms with Crippen molar-refractivity contribution in [2.24, 2.45) is 0 Å². The zero-order valence-electron chi connectivity index (χ0n) is 8.34. The molecule has 1 N–H and O–H groups in total. The van der Waals surface area contributed by atoms with Crippen LogP contribution in [-0.2, 0) is 5.60 Å². The molecule has 0 aromatic heterocycles. The van der Waals surface area contributed by atoms with Gasteiger partial charge in [-0.05, 0) is 24.1 Å². The summed E-state index contributed by atoms with van der Waals surface area (Å²) in [6.45, 7) is 2.13. The van der Waals surface area contributed by atoms with Gasteiger partial charge in [0.1, 0.15) is 0 Å². The molecule has 82 valence electrons. The van der Waals surface area contributed by atoms with Crippen LogP contribution in [-0.4, -0.2) is 16.1 Å². The molecule has 15 heavy (non-hydrogen) atoms. The largest absolute Gasteiger partial charge is 0.384 e. The van der Waals surface area contributed by atoms with E-state index in [0.717, 1.165) is 17.7 Å². The van der Waals surface area contributed by atoms with E-state index in [-0.39, 0.29) is 0 Å². The van der Waals surface area contributed by atoms with Crippen LogP contribution in [0.1, 0.15) is 18.9 Å². The van der Waals surface area contributed by atoms with Crippen LogP contribution < -0.4 is 0 Å². The van der Waals surface area contributed by atoms with E-state index in [9.17, 15) is 5.11 Å². The molecule has 0 aliphatic carbocycles. The summed E-state index contributed by atoms with van der Waals surface area (Å²) < 4.78 is 0. The number of halogens is 2. The fourth-order valence-electron chi connectivity index (χ4n) is 1.86. The Labute approximate surface area is 104 Å². The van der Waals surface area contributed by atoms with E-state index < -0.39 is 5.60 Å². The summed E-state index contributed by atoms with van der Waals surface area (Å²) in [5, 5.41) is 12.0. The zero-order chi connectivity index (χ0) is 11.1. The van der Waals surface area contributed by atoms with Crippen molar-refractivity contribution in [3.63, 3.8) is 0 Å². The molecular formula is C11H12Cl2OS. The third-order valence-corrected chi connectivity index (χ3v) is 4.81. The number of hydrogen-bond acceptors (Lipinski definition) is 2. The summed E-state index contributed by atoms with van der Waals surface area (Å²) in [6, 6.07) is 5.36. The van der Waals surface area contributed by atoms with Crippen molar-refractivity contribution in [2.45, 2.75) is 24.2 Å². The molecule has 1 nitrogen and oxygen atoms in total. The molecule has 1 heterocycles. The zero-order valence-corrected chi connectivity index (χ0v) is 10.7. The van der Waals surface area contributed by atoms with Crippen molar-refractivity contribution in [1.82, 2.24) is 0 Å². The summed E-state index contributed by atoms with van der Waals surface area (Å²) in [6.07, 6.45) is 0.773. The lowest BCUT2D eigenvalue weighted by molar-refractivity contribution is 0.0612. The highest BCUT2D eigenvalue weighted by atomic mass is 35.5. The normalized spacial score (nSPS) is 30.8. The molecule has 0 radical (unpaired) electrons. The molecule has 1 aromatic rings. The van der Waals surface area contributed by atoms with Gasteiger partial charge in [0.2, 0.25) is 0 Å². The van der Waals surface area contributed by atoms with Crippen LogP contribution in [0.4, 0.5) is 0 Å². The fraction of sp³-hybridized carbons (Fsp3) is 0.455. The Kier molecular flexibility index (Phi) is 3.22. The highest BCUT2D eigenvalue weighted by Crippen LogP contribution is 2.42. The van der Waals surface area contributed by atoms with Crippen molar-refractivity contribution in [3.8, 4) is 0 Å². The van der Waals surface area contributed by atoms with Gasteiger partial charge in [-0.1, -0.05) is 36.2 Å². The van der Waals surface area contributed by atoms with Crippen LogP contribution in [0, 0.1) is 0 Å². The average molecular weight is 263 g/mol. The number of thioether (sulfide) groups is 1. The van der Waals surface area contributed by atoms with Crippen molar-refractivity contribution in [2.75, 3.05) is 5.75 Å². The van der Waals surface area contributed by atoms with Gasteiger partial charge in [0.15, 0.2) is 0 Å². The van der Waals surface area contributed by atoms with Crippen molar-refractivity contribution >= 4 is 35.0 Å². The molecule has 0 spiro atoms. The van der Waals surface area contributed by atoms with Crippen molar-refractivity contribution in [1.29, 1.82) is 0 Å². The first kappa shape index (κ1) is 11.6. The van der Waals surface area contributed by atoms with Gasteiger partial charge in [-0.3, -0.25) is 0 Å². The van der Waals surface area contributed by atoms with Crippen LogP contribution in [0.2, 0.25) is 10.0 Å². The van der Waals surface area contributed by atoms with E-state index in [2.05, 4.69) is 6.92 Å². The van der Waals surface area contributed by atoms with Crippen molar-refractivity contribution in [3.05, 3.63) is 33.8 Å². The first-order valence-corrected chi connectivity index (χ1v) is 6.61. The third-order valence-electron chi connectivity index (χ3n) is 2.69. The molecule has 0 saturated carbocycles. The van der Waals surface area contributed by atoms with Gasteiger partial charge in [0, 0.05) is 11.0 Å². The highest BCUT2D eigenvalue weighted by Gasteiger charge is 2.37. The predicted octanol–water partition coefficient (Wildman–Crippen LogP) is 3.71. The van der Waals surface area contributed by atoms with E-state index in [4.69, 9.17) is 23.2 Å². The lowest BCUT2D eigenvalue weighted by Crippen LogP contribution is -2.25. The second-order valence-electron chi connectivity index (χ2n) is 3.99. The van der Waals surface area contributed by atoms with E-state index in [1.54, 1.807) is 23.9 Å². The Balaban J connectivity index is 2.33. The van der Waals surface area contributed by atoms with Gasteiger partial charge >= 0.3 is 0 Å². The summed E-state index contributed by atoms with van der Waals surface area (Å²) in [5.74, 6) is 0.728. The van der Waals surface area contributed by atoms with Gasteiger partial charge < -0.3 is 5.11 Å². The molecule has 2 atom stereocenters. The molecule has 4 heteroatoms. The summed E-state index contributed by atoms with van der Waals surface area (Å²) in [5.41, 5.74) is 0.131. The van der Waals surface area contributed by atoms with E-state index in [1.165, 1.54) is 0 Å². The van der Waals surface area contributed by atoms with Crippen LogP contribution in [0.3, 0.4) is 0 Å². The first-order chi connectivity index (χ1) is 7.01. The molecule has 2 rings (SSSR count). The summed E-state index contributed by atoms with van der Waals surface area (Å²) in [4.78, 5) is 0. The summed E-state index contributed by atoms with van der Waals surface area (Å²) >= 11 is 13.6. The van der Waals surface area contributed by atoms with Gasteiger partial charge in [0.25, 0.3) is 0 Å². The lowest BCUT2D eigenvalue weighted by Gasteiger charge is -2.22. The molecule has 1 saturated heterocycles. The van der Waals surface area contributed by atoms with Gasteiger partial charge in [-0.2, -0.15) is 11.8 Å². The quantitative estimate of drug-likeness (QED) is 0.833. The van der Waals surface area contributed by atoms with Crippen LogP contribution in [0.15, 0.2) is 18.2 Å². The Morgan fingerprint density at radius 3 is 2.67 bits per heavy atom. The molecule has 0 amide bonds. The second kappa shape index (κ2) is 4.17. The Morgan fingerprint density at radius 1 is 1.40 bits per heavy atom. The van der Waals surface area contributed by atoms with Crippen LogP contribution in [0.25, 0.3) is 0 Å². The maximum Gasteiger partial charge on any atom is 0.0997 e. The third kappa shape index (κ3) is 2.28. The van der Waals surface area contributed by atoms with Gasteiger partial charge in [0.05, 0.1) is 15.6 Å². The number of benzene rings is 1. The number of hydrogen-bond donors (Lipinski definition) is 1. The standard InChI is InChI=1S/C11H12Cl2OS/c1-7-5-11(14,6-15-7)8-2-3-9(12)10(13)4-8/h2-4,7,14H,5-6H2,1H3. The Morgan fingerprint density at radius 2 is 2.13 bits per heavy atom. The van der Waals surface area contributed by atoms with Crippen LogP contribution >= 0.6 is 35.0 Å². The topological polar surface area (TPSA) is 20.2 Å². The highest BCUT2D eigenvalue weighted by molar-refractivity contribution is 8.00. The Bertz CT molecular complexity index is 383. The minimum Gasteiger partial charge on any atom is -0.384 e. The molecular weight excluding hydrogens is 251 g/mol. The molecule has 2 unspecified atom stereocenters.